The minimum absolute atomic E-state index is 0.170. The van der Waals surface area contributed by atoms with E-state index in [0.717, 1.165) is 21.4 Å². The lowest BCUT2D eigenvalue weighted by atomic mass is 10.2. The first-order chi connectivity index (χ1) is 11.1. The summed E-state index contributed by atoms with van der Waals surface area (Å²) in [5.74, 6) is -0.292. The molecule has 3 nitrogen and oxygen atoms in total. The van der Waals surface area contributed by atoms with Gasteiger partial charge in [0.2, 0.25) is 5.91 Å². The van der Waals surface area contributed by atoms with E-state index in [1.807, 2.05) is 37.3 Å². The van der Waals surface area contributed by atoms with Crippen molar-refractivity contribution >= 4 is 34.3 Å². The van der Waals surface area contributed by atoms with Crippen LogP contribution in [-0.4, -0.2) is 16.6 Å². The van der Waals surface area contributed by atoms with Gasteiger partial charge >= 0.3 is 0 Å². The van der Waals surface area contributed by atoms with Gasteiger partial charge in [-0.15, -0.1) is 11.8 Å². The van der Waals surface area contributed by atoms with Gasteiger partial charge in [0.1, 0.15) is 5.82 Å². The molecule has 1 amide bonds. The number of rotatable bonds is 4. The molecule has 0 aliphatic rings. The molecule has 0 unspecified atom stereocenters. The van der Waals surface area contributed by atoms with Crippen molar-refractivity contribution in [2.45, 2.75) is 11.8 Å². The van der Waals surface area contributed by atoms with Crippen molar-refractivity contribution in [1.82, 2.24) is 4.98 Å². The zero-order valence-electron chi connectivity index (χ0n) is 12.5. The number of anilines is 1. The number of carbonyl (C=O) groups excluding carboxylic acids is 1. The molecule has 3 aromatic rings. The average molecular weight is 326 g/mol. The molecule has 1 N–H and O–H groups in total. The Labute approximate surface area is 137 Å². The summed E-state index contributed by atoms with van der Waals surface area (Å²) in [7, 11) is 0. The predicted octanol–water partition coefficient (Wildman–Crippen LogP) is 4.41. The summed E-state index contributed by atoms with van der Waals surface area (Å²) in [5, 5.41) is 3.79. The molecule has 0 radical (unpaired) electrons. The van der Waals surface area contributed by atoms with Crippen molar-refractivity contribution in [2.24, 2.45) is 0 Å². The van der Waals surface area contributed by atoms with Crippen LogP contribution in [0.4, 0.5) is 10.1 Å². The molecule has 3 rings (SSSR count). The number of amides is 1. The van der Waals surface area contributed by atoms with Crippen molar-refractivity contribution in [2.75, 3.05) is 11.1 Å². The monoisotopic (exact) mass is 326 g/mol. The van der Waals surface area contributed by atoms with Gasteiger partial charge in [-0.2, -0.15) is 0 Å². The standard InChI is InChI=1S/C18H15FN2OS/c1-12-7-8-14(19)10-15(12)21-17(22)11-23-16-6-2-4-13-5-3-9-20-18(13)16/h2-10H,11H2,1H3,(H,21,22). The quantitative estimate of drug-likeness (QED) is 0.722. The highest BCUT2D eigenvalue weighted by atomic mass is 32.2. The molecule has 116 valence electrons. The van der Waals surface area contributed by atoms with E-state index in [-0.39, 0.29) is 17.5 Å². The molecule has 23 heavy (non-hydrogen) atoms. The van der Waals surface area contributed by atoms with Crippen molar-refractivity contribution in [1.29, 1.82) is 0 Å². The largest absolute Gasteiger partial charge is 0.325 e. The fraction of sp³-hybridized carbons (Fsp3) is 0.111. The predicted molar refractivity (Wildman–Crippen MR) is 92.2 cm³/mol. The molecule has 0 fully saturated rings. The number of halogens is 1. The SMILES string of the molecule is Cc1ccc(F)cc1NC(=O)CSc1cccc2cccnc12. The summed E-state index contributed by atoms with van der Waals surface area (Å²) in [6, 6.07) is 14.1. The zero-order valence-corrected chi connectivity index (χ0v) is 13.4. The van der Waals surface area contributed by atoms with Crippen LogP contribution in [0.1, 0.15) is 5.56 Å². The van der Waals surface area contributed by atoms with Gasteiger partial charge in [0.05, 0.1) is 11.3 Å². The number of nitrogens with one attached hydrogen (secondary N) is 1. The number of nitrogens with zero attached hydrogens (tertiary/aromatic N) is 1. The topological polar surface area (TPSA) is 42.0 Å². The summed E-state index contributed by atoms with van der Waals surface area (Å²) in [6.45, 7) is 1.83. The van der Waals surface area contributed by atoms with Gasteiger partial charge in [-0.05, 0) is 36.8 Å². The van der Waals surface area contributed by atoms with E-state index in [1.165, 1.54) is 23.9 Å². The van der Waals surface area contributed by atoms with Crippen LogP contribution >= 0.6 is 11.8 Å². The maximum atomic E-state index is 13.3. The Kier molecular flexibility index (Phi) is 4.57. The maximum Gasteiger partial charge on any atom is 0.234 e. The highest BCUT2D eigenvalue weighted by Crippen LogP contribution is 2.26. The van der Waals surface area contributed by atoms with E-state index in [1.54, 1.807) is 12.3 Å². The molecule has 0 aliphatic heterocycles. The number of aromatic nitrogens is 1. The Morgan fingerprint density at radius 3 is 2.91 bits per heavy atom. The van der Waals surface area contributed by atoms with E-state index in [0.29, 0.717) is 5.69 Å². The molecule has 0 saturated heterocycles. The second kappa shape index (κ2) is 6.79. The average Bonchev–Trinajstić information content (AvgIpc) is 2.56. The van der Waals surface area contributed by atoms with Crippen molar-refractivity contribution < 1.29 is 9.18 Å². The number of fused-ring (bicyclic) bond motifs is 1. The first-order valence-corrected chi connectivity index (χ1v) is 8.14. The maximum absolute atomic E-state index is 13.3. The number of hydrogen-bond acceptors (Lipinski definition) is 3. The summed E-state index contributed by atoms with van der Waals surface area (Å²) in [4.78, 5) is 17.4. The first kappa shape index (κ1) is 15.5. The fourth-order valence-electron chi connectivity index (χ4n) is 2.25. The number of benzene rings is 2. The Morgan fingerprint density at radius 1 is 1.22 bits per heavy atom. The van der Waals surface area contributed by atoms with E-state index < -0.39 is 0 Å². The third-order valence-electron chi connectivity index (χ3n) is 3.43. The normalized spacial score (nSPS) is 10.7. The molecular formula is C18H15FN2OS. The van der Waals surface area contributed by atoms with E-state index in [2.05, 4.69) is 10.3 Å². The smallest absolute Gasteiger partial charge is 0.234 e. The minimum Gasteiger partial charge on any atom is -0.325 e. The van der Waals surface area contributed by atoms with Gasteiger partial charge in [-0.25, -0.2) is 4.39 Å². The molecule has 0 bridgehead atoms. The lowest BCUT2D eigenvalue weighted by molar-refractivity contribution is -0.113. The Hall–Kier alpha value is -2.40. The molecule has 0 aliphatic carbocycles. The van der Waals surface area contributed by atoms with Crippen LogP contribution in [0.5, 0.6) is 0 Å². The van der Waals surface area contributed by atoms with Gasteiger partial charge < -0.3 is 5.32 Å². The van der Waals surface area contributed by atoms with Gasteiger partial charge in [0.25, 0.3) is 0 Å². The number of pyridine rings is 1. The molecule has 0 spiro atoms. The second-order valence-electron chi connectivity index (χ2n) is 5.13. The molecule has 0 saturated carbocycles. The van der Waals surface area contributed by atoms with E-state index in [9.17, 15) is 9.18 Å². The minimum atomic E-state index is -0.364. The third kappa shape index (κ3) is 3.68. The third-order valence-corrected chi connectivity index (χ3v) is 4.48. The Morgan fingerprint density at radius 2 is 2.04 bits per heavy atom. The second-order valence-corrected chi connectivity index (χ2v) is 6.14. The summed E-state index contributed by atoms with van der Waals surface area (Å²) in [5.41, 5.74) is 2.22. The number of carbonyl (C=O) groups is 1. The molecule has 5 heteroatoms. The van der Waals surface area contributed by atoms with Crippen molar-refractivity contribution in [3.63, 3.8) is 0 Å². The highest BCUT2D eigenvalue weighted by Gasteiger charge is 2.09. The fourth-order valence-corrected chi connectivity index (χ4v) is 3.09. The Balaban J connectivity index is 1.70. The number of aryl methyl sites for hydroxylation is 1. The first-order valence-electron chi connectivity index (χ1n) is 7.16. The zero-order chi connectivity index (χ0) is 16.2. The van der Waals surface area contributed by atoms with Crippen LogP contribution in [-0.2, 0) is 4.79 Å². The number of hydrogen-bond donors (Lipinski definition) is 1. The molecule has 1 heterocycles. The summed E-state index contributed by atoms with van der Waals surface area (Å²) >= 11 is 1.42. The molecule has 1 aromatic heterocycles. The van der Waals surface area contributed by atoms with Gasteiger partial charge in [0, 0.05) is 22.2 Å². The molecule has 2 aromatic carbocycles. The van der Waals surface area contributed by atoms with Crippen LogP contribution in [0, 0.1) is 12.7 Å². The van der Waals surface area contributed by atoms with Crippen LogP contribution in [0.25, 0.3) is 10.9 Å². The molecule has 0 atom stereocenters. The van der Waals surface area contributed by atoms with Gasteiger partial charge in [0.15, 0.2) is 0 Å². The van der Waals surface area contributed by atoms with Crippen molar-refractivity contribution in [3.05, 3.63) is 66.1 Å². The highest BCUT2D eigenvalue weighted by molar-refractivity contribution is 8.00. The van der Waals surface area contributed by atoms with Crippen molar-refractivity contribution in [3.8, 4) is 0 Å². The van der Waals surface area contributed by atoms with Crippen LogP contribution in [0.15, 0.2) is 59.6 Å². The lowest BCUT2D eigenvalue weighted by Gasteiger charge is -2.09. The van der Waals surface area contributed by atoms with Crippen LogP contribution in [0.3, 0.4) is 0 Å². The van der Waals surface area contributed by atoms with E-state index in [4.69, 9.17) is 0 Å². The Bertz CT molecular complexity index is 861. The van der Waals surface area contributed by atoms with Crippen LogP contribution < -0.4 is 5.32 Å². The number of thioether (sulfide) groups is 1. The van der Waals surface area contributed by atoms with E-state index >= 15 is 0 Å². The van der Waals surface area contributed by atoms with Gasteiger partial charge in [-0.1, -0.05) is 24.3 Å². The molecular weight excluding hydrogens is 311 g/mol. The summed E-state index contributed by atoms with van der Waals surface area (Å²) in [6.07, 6.45) is 1.74. The van der Waals surface area contributed by atoms with Gasteiger partial charge in [-0.3, -0.25) is 9.78 Å². The summed E-state index contributed by atoms with van der Waals surface area (Å²) < 4.78 is 13.3. The number of para-hydroxylation sites is 1. The van der Waals surface area contributed by atoms with Crippen LogP contribution in [0.2, 0.25) is 0 Å². The lowest BCUT2D eigenvalue weighted by Crippen LogP contribution is -2.15.